The lowest BCUT2D eigenvalue weighted by atomic mass is 10.2. The number of carbonyl (C=O) groups excluding carboxylic acids is 2. The van der Waals surface area contributed by atoms with Crippen molar-refractivity contribution in [2.75, 3.05) is 5.32 Å². The molecule has 0 unspecified atom stereocenters. The number of ether oxygens (including phenoxy) is 1. The molecule has 8 nitrogen and oxygen atoms in total. The van der Waals surface area contributed by atoms with Crippen molar-refractivity contribution in [2.45, 2.75) is 26.3 Å². The molecule has 0 atom stereocenters. The quantitative estimate of drug-likeness (QED) is 0.547. The van der Waals surface area contributed by atoms with Gasteiger partial charge in [-0.15, -0.1) is 0 Å². The molecule has 144 valence electrons. The Morgan fingerprint density at radius 3 is 2.93 bits per heavy atom. The standard InChI is InChI=1S/C20H21N5O3/c1-4-16(26)24-14-6-5-7-15(9-14)28-18-11-22-20-19(25-18)13(10-21-20)8-17(27)23-12(2)3/h4-7,9-12H,1,8H2,2-3H3,(H,21,22)(H,23,27)(H,24,26). The predicted molar refractivity (Wildman–Crippen MR) is 106 cm³/mol. The Bertz CT molecular complexity index is 1030. The van der Waals surface area contributed by atoms with Gasteiger partial charge in [-0.25, -0.2) is 9.97 Å². The van der Waals surface area contributed by atoms with E-state index in [1.165, 1.54) is 12.3 Å². The summed E-state index contributed by atoms with van der Waals surface area (Å²) < 4.78 is 5.77. The zero-order valence-electron chi connectivity index (χ0n) is 15.7. The van der Waals surface area contributed by atoms with Crippen LogP contribution in [0.25, 0.3) is 11.2 Å². The Balaban J connectivity index is 1.80. The first kappa shape index (κ1) is 19.1. The van der Waals surface area contributed by atoms with Crippen LogP contribution < -0.4 is 15.4 Å². The van der Waals surface area contributed by atoms with Crippen LogP contribution in [0.15, 0.2) is 49.3 Å². The number of aromatic nitrogens is 3. The first-order chi connectivity index (χ1) is 13.4. The summed E-state index contributed by atoms with van der Waals surface area (Å²) >= 11 is 0. The number of benzene rings is 1. The number of amides is 2. The average Bonchev–Trinajstić information content (AvgIpc) is 3.03. The lowest BCUT2D eigenvalue weighted by Crippen LogP contribution is -2.31. The van der Waals surface area contributed by atoms with Crippen LogP contribution in [0.1, 0.15) is 19.4 Å². The van der Waals surface area contributed by atoms with Crippen molar-refractivity contribution in [3.63, 3.8) is 0 Å². The number of fused-ring (bicyclic) bond motifs is 1. The summed E-state index contributed by atoms with van der Waals surface area (Å²) in [5, 5.41) is 5.52. The molecule has 2 amide bonds. The van der Waals surface area contributed by atoms with Crippen LogP contribution in [-0.4, -0.2) is 32.8 Å². The Labute approximate surface area is 162 Å². The SMILES string of the molecule is C=CC(=O)Nc1cccc(Oc2cnc3[nH]cc(CC(=O)NC(C)C)c3n2)c1. The second-order valence-electron chi connectivity index (χ2n) is 6.44. The molecule has 0 radical (unpaired) electrons. The van der Waals surface area contributed by atoms with E-state index >= 15 is 0 Å². The second-order valence-corrected chi connectivity index (χ2v) is 6.44. The van der Waals surface area contributed by atoms with Gasteiger partial charge in [-0.1, -0.05) is 12.6 Å². The molecule has 8 heteroatoms. The summed E-state index contributed by atoms with van der Waals surface area (Å²) in [6.07, 6.45) is 4.60. The van der Waals surface area contributed by atoms with Crippen molar-refractivity contribution in [1.82, 2.24) is 20.3 Å². The van der Waals surface area contributed by atoms with Crippen molar-refractivity contribution in [1.29, 1.82) is 0 Å². The van der Waals surface area contributed by atoms with Gasteiger partial charge in [0.25, 0.3) is 0 Å². The number of hydrogen-bond acceptors (Lipinski definition) is 5. The Kier molecular flexibility index (Phi) is 5.69. The van der Waals surface area contributed by atoms with E-state index in [0.29, 0.717) is 22.6 Å². The highest BCUT2D eigenvalue weighted by Crippen LogP contribution is 2.25. The van der Waals surface area contributed by atoms with Crippen molar-refractivity contribution in [2.24, 2.45) is 0 Å². The third kappa shape index (κ3) is 4.73. The summed E-state index contributed by atoms with van der Waals surface area (Å²) in [6.45, 7) is 7.24. The fraction of sp³-hybridized carbons (Fsp3) is 0.200. The molecule has 0 bridgehead atoms. The number of hydrogen-bond donors (Lipinski definition) is 3. The van der Waals surface area contributed by atoms with Gasteiger partial charge < -0.3 is 20.4 Å². The van der Waals surface area contributed by atoms with Crippen molar-refractivity contribution in [3.05, 3.63) is 54.9 Å². The van der Waals surface area contributed by atoms with Gasteiger partial charge in [0.1, 0.15) is 11.3 Å². The molecule has 2 heterocycles. The summed E-state index contributed by atoms with van der Waals surface area (Å²) in [5.41, 5.74) is 2.46. The molecule has 0 aliphatic carbocycles. The van der Waals surface area contributed by atoms with Crippen LogP contribution in [0, 0.1) is 0 Å². The molecule has 0 saturated carbocycles. The summed E-state index contributed by atoms with van der Waals surface area (Å²) in [7, 11) is 0. The molecule has 0 spiro atoms. The topological polar surface area (TPSA) is 109 Å². The minimum Gasteiger partial charge on any atom is -0.437 e. The van der Waals surface area contributed by atoms with E-state index < -0.39 is 0 Å². The van der Waals surface area contributed by atoms with Gasteiger partial charge in [-0.2, -0.15) is 0 Å². The molecule has 0 fully saturated rings. The first-order valence-electron chi connectivity index (χ1n) is 8.78. The second kappa shape index (κ2) is 8.34. The lowest BCUT2D eigenvalue weighted by molar-refractivity contribution is -0.120. The highest BCUT2D eigenvalue weighted by atomic mass is 16.5. The molecule has 1 aromatic carbocycles. The van der Waals surface area contributed by atoms with Gasteiger partial charge in [0.05, 0.1) is 12.6 Å². The van der Waals surface area contributed by atoms with Crippen LogP contribution in [0.3, 0.4) is 0 Å². The minimum atomic E-state index is -0.310. The van der Waals surface area contributed by atoms with E-state index in [1.807, 2.05) is 13.8 Å². The zero-order chi connectivity index (χ0) is 20.1. The molecule has 28 heavy (non-hydrogen) atoms. The van der Waals surface area contributed by atoms with E-state index in [0.717, 1.165) is 5.56 Å². The lowest BCUT2D eigenvalue weighted by Gasteiger charge is -2.08. The smallest absolute Gasteiger partial charge is 0.247 e. The maximum absolute atomic E-state index is 12.0. The van der Waals surface area contributed by atoms with Gasteiger partial charge in [0, 0.05) is 29.6 Å². The fourth-order valence-electron chi connectivity index (χ4n) is 2.61. The summed E-state index contributed by atoms with van der Waals surface area (Å²) in [5.74, 6) is 0.375. The van der Waals surface area contributed by atoms with E-state index in [1.54, 1.807) is 30.5 Å². The molecule has 0 aliphatic rings. The van der Waals surface area contributed by atoms with E-state index in [4.69, 9.17) is 4.74 Å². The van der Waals surface area contributed by atoms with Crippen LogP contribution in [0.2, 0.25) is 0 Å². The van der Waals surface area contributed by atoms with Crippen LogP contribution in [-0.2, 0) is 16.0 Å². The largest absolute Gasteiger partial charge is 0.437 e. The van der Waals surface area contributed by atoms with Crippen LogP contribution >= 0.6 is 0 Å². The van der Waals surface area contributed by atoms with Gasteiger partial charge in [-0.3, -0.25) is 9.59 Å². The maximum Gasteiger partial charge on any atom is 0.247 e. The van der Waals surface area contributed by atoms with Gasteiger partial charge in [0.2, 0.25) is 17.7 Å². The van der Waals surface area contributed by atoms with E-state index in [2.05, 4.69) is 32.2 Å². The van der Waals surface area contributed by atoms with Gasteiger partial charge >= 0.3 is 0 Å². The number of nitrogens with one attached hydrogen (secondary N) is 3. The Hall–Kier alpha value is -3.68. The number of nitrogens with zero attached hydrogens (tertiary/aromatic N) is 2. The van der Waals surface area contributed by atoms with Crippen LogP contribution in [0.5, 0.6) is 11.6 Å². The monoisotopic (exact) mass is 379 g/mol. The van der Waals surface area contributed by atoms with Crippen molar-refractivity contribution >= 4 is 28.7 Å². The predicted octanol–water partition coefficient (Wildman–Crippen LogP) is 2.94. The zero-order valence-corrected chi connectivity index (χ0v) is 15.7. The first-order valence-corrected chi connectivity index (χ1v) is 8.78. The molecule has 0 aliphatic heterocycles. The molecule has 3 N–H and O–H groups in total. The number of aromatic amines is 1. The van der Waals surface area contributed by atoms with Gasteiger partial charge in [0.15, 0.2) is 5.65 Å². The summed E-state index contributed by atoms with van der Waals surface area (Å²) in [6, 6.07) is 6.96. The van der Waals surface area contributed by atoms with Gasteiger partial charge in [-0.05, 0) is 32.1 Å². The Morgan fingerprint density at radius 1 is 1.36 bits per heavy atom. The normalized spacial score (nSPS) is 10.7. The van der Waals surface area contributed by atoms with Crippen molar-refractivity contribution in [3.8, 4) is 11.6 Å². The maximum atomic E-state index is 12.0. The highest BCUT2D eigenvalue weighted by Gasteiger charge is 2.13. The highest BCUT2D eigenvalue weighted by molar-refractivity contribution is 5.98. The third-order valence-corrected chi connectivity index (χ3v) is 3.75. The number of carbonyl (C=O) groups is 2. The third-order valence-electron chi connectivity index (χ3n) is 3.75. The number of anilines is 1. The summed E-state index contributed by atoms with van der Waals surface area (Å²) in [4.78, 5) is 35.2. The van der Waals surface area contributed by atoms with Crippen molar-refractivity contribution < 1.29 is 14.3 Å². The number of rotatable bonds is 7. The average molecular weight is 379 g/mol. The van der Waals surface area contributed by atoms with E-state index in [9.17, 15) is 9.59 Å². The fourth-order valence-corrected chi connectivity index (χ4v) is 2.61. The molecular weight excluding hydrogens is 358 g/mol. The molecule has 2 aromatic heterocycles. The molecule has 3 rings (SSSR count). The minimum absolute atomic E-state index is 0.0662. The molecular formula is C20H21N5O3. The molecule has 0 saturated heterocycles. The number of H-pyrrole nitrogens is 1. The molecule has 3 aromatic rings. The van der Waals surface area contributed by atoms with E-state index in [-0.39, 0.29) is 30.2 Å². The Morgan fingerprint density at radius 2 is 2.18 bits per heavy atom. The van der Waals surface area contributed by atoms with Crippen LogP contribution in [0.4, 0.5) is 5.69 Å².